The summed E-state index contributed by atoms with van der Waals surface area (Å²) < 4.78 is 4.53. The summed E-state index contributed by atoms with van der Waals surface area (Å²) in [6, 6.07) is 35.8. The van der Waals surface area contributed by atoms with Crippen molar-refractivity contribution in [2.24, 2.45) is 0 Å². The van der Waals surface area contributed by atoms with Crippen molar-refractivity contribution in [2.45, 2.75) is 132 Å². The number of likely N-dealkylation sites (N-methyl/N-ethyl adjacent to an activating group) is 1. The van der Waals surface area contributed by atoms with Gasteiger partial charge in [-0.15, -0.1) is 0 Å². The molecule has 0 spiro atoms. The Kier molecular flexibility index (Phi) is 15.0. The maximum atomic E-state index is 12.6. The number of halogens is 2. The van der Waals surface area contributed by atoms with Crippen molar-refractivity contribution in [3.8, 4) is 22.9 Å². The Bertz CT molecular complexity index is 2840. The Morgan fingerprint density at radius 2 is 0.725 bits per heavy atom. The fraction of sp³-hybridized carbons (Fsp3) is 0.400. The van der Waals surface area contributed by atoms with Gasteiger partial charge in [0.1, 0.15) is 11.5 Å². The normalized spacial score (nSPS) is 12.8. The number of phenols is 2. The van der Waals surface area contributed by atoms with Gasteiger partial charge >= 0.3 is 35.6 Å². The Morgan fingerprint density at radius 3 is 0.971 bits per heavy atom. The van der Waals surface area contributed by atoms with Crippen molar-refractivity contribution in [3.05, 3.63) is 142 Å². The van der Waals surface area contributed by atoms with E-state index in [1.165, 1.54) is 43.8 Å². The SMILES string of the molecule is Cc1cc(CN(CCN(C)C)Cc2cc(C)cc(-n3c4ccc(C(C)(C)C)cc4c4cc(C(C)(C)C)ccc43)c2O)c(O)c(-n2c3ccc(C(C)(C)C)cc3c3cc(C(C)(C)C)ccc32)c1.[Cl][Ti][Cl]. The summed E-state index contributed by atoms with van der Waals surface area (Å²) in [6.07, 6.45) is 0. The first-order valence-electron chi connectivity index (χ1n) is 24.3. The third kappa shape index (κ3) is 11.0. The second-order valence-corrected chi connectivity index (χ2v) is 26.3. The van der Waals surface area contributed by atoms with Gasteiger partial charge in [0.15, 0.2) is 0 Å². The molecule has 0 radical (unpaired) electrons. The van der Waals surface area contributed by atoms with E-state index >= 15 is 0 Å². The van der Waals surface area contributed by atoms with Gasteiger partial charge in [0.05, 0.1) is 33.4 Å². The Labute approximate surface area is 428 Å². The third-order valence-corrected chi connectivity index (χ3v) is 13.8. The van der Waals surface area contributed by atoms with E-state index in [1.54, 1.807) is 0 Å². The molecule has 0 atom stereocenters. The summed E-state index contributed by atoms with van der Waals surface area (Å²) in [4.78, 5) is 4.56. The van der Waals surface area contributed by atoms with Gasteiger partial charge in [-0.2, -0.15) is 0 Å². The Balaban J connectivity index is 0.00000228. The zero-order valence-electron chi connectivity index (χ0n) is 44.0. The molecule has 364 valence electrons. The van der Waals surface area contributed by atoms with Crippen LogP contribution in [0.3, 0.4) is 0 Å². The number of hydrogen-bond acceptors (Lipinski definition) is 4. The summed E-state index contributed by atoms with van der Waals surface area (Å²) in [7, 11) is 14.0. The molecule has 6 aromatic carbocycles. The van der Waals surface area contributed by atoms with Crippen molar-refractivity contribution in [1.82, 2.24) is 18.9 Å². The molecule has 0 amide bonds. The molecule has 8 aromatic rings. The minimum absolute atomic E-state index is 0.0127. The van der Waals surface area contributed by atoms with E-state index in [0.717, 1.165) is 68.8 Å². The summed E-state index contributed by atoms with van der Waals surface area (Å²) in [5, 5.41) is 29.9. The van der Waals surface area contributed by atoms with Crippen LogP contribution in [-0.4, -0.2) is 56.3 Å². The first kappa shape index (κ1) is 52.6. The van der Waals surface area contributed by atoms with Crippen LogP contribution in [0, 0.1) is 13.8 Å². The zero-order valence-corrected chi connectivity index (χ0v) is 47.1. The fourth-order valence-electron chi connectivity index (χ4n) is 9.72. The molecule has 0 saturated heterocycles. The molecule has 0 aliphatic heterocycles. The number of rotatable bonds is 9. The number of aromatic nitrogens is 2. The maximum absolute atomic E-state index is 12.6. The van der Waals surface area contributed by atoms with Crippen molar-refractivity contribution in [2.75, 3.05) is 27.2 Å². The van der Waals surface area contributed by atoms with Crippen LogP contribution in [0.15, 0.2) is 97.1 Å². The van der Waals surface area contributed by atoms with Crippen molar-refractivity contribution in [1.29, 1.82) is 0 Å². The topological polar surface area (TPSA) is 56.8 Å². The van der Waals surface area contributed by atoms with E-state index in [0.29, 0.717) is 13.1 Å². The number of nitrogens with zero attached hydrogens (tertiary/aromatic N) is 4. The van der Waals surface area contributed by atoms with Crippen LogP contribution < -0.4 is 0 Å². The van der Waals surface area contributed by atoms with E-state index in [-0.39, 0.29) is 33.2 Å². The molecule has 2 aromatic heterocycles. The van der Waals surface area contributed by atoms with E-state index in [4.69, 9.17) is 18.6 Å². The molecule has 6 nitrogen and oxygen atoms in total. The second-order valence-electron chi connectivity index (χ2n) is 23.8. The van der Waals surface area contributed by atoms with Crippen LogP contribution >= 0.6 is 18.6 Å². The van der Waals surface area contributed by atoms with Crippen molar-refractivity contribution >= 4 is 62.2 Å². The number of fused-ring (bicyclic) bond motifs is 6. The average molecular weight is 1000 g/mol. The van der Waals surface area contributed by atoms with Gasteiger partial charge in [0.25, 0.3) is 0 Å². The van der Waals surface area contributed by atoms with Crippen LogP contribution in [0.1, 0.15) is 128 Å². The van der Waals surface area contributed by atoms with E-state index < -0.39 is 17.0 Å². The molecule has 0 fully saturated rings. The van der Waals surface area contributed by atoms with Crippen molar-refractivity contribution in [3.63, 3.8) is 0 Å². The van der Waals surface area contributed by atoms with Crippen LogP contribution in [0.25, 0.3) is 55.0 Å². The third-order valence-electron chi connectivity index (χ3n) is 13.8. The van der Waals surface area contributed by atoms with Gasteiger partial charge < -0.3 is 24.2 Å². The van der Waals surface area contributed by atoms with Crippen LogP contribution in [0.5, 0.6) is 11.5 Å². The summed E-state index contributed by atoms with van der Waals surface area (Å²) in [5.74, 6) is 0.551. The number of aryl methyl sites for hydroxylation is 2. The number of benzene rings is 6. The first-order valence-corrected chi connectivity index (χ1v) is 28.6. The molecule has 0 aliphatic rings. The van der Waals surface area contributed by atoms with Crippen molar-refractivity contribution < 1.29 is 27.2 Å². The molecule has 69 heavy (non-hydrogen) atoms. The average Bonchev–Trinajstić information content (AvgIpc) is 3.75. The van der Waals surface area contributed by atoms with Crippen LogP contribution in [0.4, 0.5) is 0 Å². The second kappa shape index (κ2) is 19.7. The molecule has 9 heteroatoms. The summed E-state index contributed by atoms with van der Waals surface area (Å²) in [6.45, 7) is 34.0. The first-order chi connectivity index (χ1) is 32.1. The van der Waals surface area contributed by atoms with E-state index in [2.05, 4.69) is 227 Å². The fourth-order valence-corrected chi connectivity index (χ4v) is 9.72. The molecule has 0 saturated carbocycles. The predicted octanol–water partition coefficient (Wildman–Crippen LogP) is 16.0. The molecule has 0 unspecified atom stereocenters. The summed E-state index contributed by atoms with van der Waals surface area (Å²) >= 11 is -0.556. The van der Waals surface area contributed by atoms with Gasteiger partial charge in [0.2, 0.25) is 0 Å². The number of hydrogen-bond donors (Lipinski definition) is 2. The standard InChI is InChI=1S/C60H74N4O2.2ClH.Ti/c1-37-27-39(55(65)53(29-37)63-49-21-17-41(57(3,4)5)31-45(49)46-32-42(58(6,7)8)18-22-50(46)63)35-62(26-25-61(15)16)36-40-28-38(2)30-54(56(40)66)64-51-23-19-43(59(9,10)11)33-47(51)48-34-44(60(12,13)14)20-24-52(48)64;;;/h17-24,27-34,65-66H,25-26,35-36H2,1-16H3;2*1H;/q;;;+2/p-2. The number of aromatic hydroxyl groups is 2. The predicted molar refractivity (Wildman–Crippen MR) is 294 cm³/mol. The Morgan fingerprint density at radius 1 is 0.449 bits per heavy atom. The molecular formula is C60H74Cl2N4O2Ti. The molecule has 2 heterocycles. The van der Waals surface area contributed by atoms with Gasteiger partial charge in [-0.1, -0.05) is 119 Å². The molecule has 8 rings (SSSR count). The number of phenolic OH excluding ortho intramolecular Hbond substituents is 2. The Hall–Kier alpha value is -4.27. The van der Waals surface area contributed by atoms with E-state index in [9.17, 15) is 10.2 Å². The molecular weight excluding hydrogens is 927 g/mol. The molecule has 2 N–H and O–H groups in total. The quantitative estimate of drug-likeness (QED) is 0.142. The van der Waals surface area contributed by atoms with E-state index in [1.807, 2.05) is 0 Å². The summed E-state index contributed by atoms with van der Waals surface area (Å²) in [5.41, 5.74) is 14.8. The van der Waals surface area contributed by atoms with Gasteiger partial charge in [-0.3, -0.25) is 4.90 Å². The minimum atomic E-state index is -0.556. The van der Waals surface area contributed by atoms with Crippen LogP contribution in [0.2, 0.25) is 0 Å². The molecule has 0 aliphatic carbocycles. The van der Waals surface area contributed by atoms with Gasteiger partial charge in [0, 0.05) is 58.9 Å². The van der Waals surface area contributed by atoms with Crippen LogP contribution in [-0.2, 0) is 51.8 Å². The monoisotopic (exact) mass is 1000 g/mol. The van der Waals surface area contributed by atoms with Gasteiger partial charge in [-0.25, -0.2) is 0 Å². The zero-order chi connectivity index (χ0) is 50.7. The molecule has 0 bridgehead atoms. The van der Waals surface area contributed by atoms with Gasteiger partial charge in [-0.05, 0) is 144 Å².